The van der Waals surface area contributed by atoms with E-state index in [1.807, 2.05) is 12.3 Å². The second-order valence-electron chi connectivity index (χ2n) is 4.77. The quantitative estimate of drug-likeness (QED) is 0.592. The number of aryl methyl sites for hydroxylation is 1. The number of furan rings is 1. The first-order chi connectivity index (χ1) is 8.22. The molecule has 94 valence electrons. The van der Waals surface area contributed by atoms with Gasteiger partial charge in [0.05, 0.1) is 12.5 Å². The lowest BCUT2D eigenvalue weighted by molar-refractivity contribution is 0.563. The standard InChI is InChI=1S/C16H24O/c1-4-14(2)7-5-8-15(3)9-6-10-16-11-12-17-13-16/h5,7-8,11-14H,4,6,9-10H2,1-3H3/b7-5+,15-8+/t14-/m0/s1. The second kappa shape index (κ2) is 7.94. The Morgan fingerprint density at radius 1 is 1.47 bits per heavy atom. The summed E-state index contributed by atoms with van der Waals surface area (Å²) < 4.78 is 5.05. The highest BCUT2D eigenvalue weighted by Gasteiger charge is 1.95. The van der Waals surface area contributed by atoms with Gasteiger partial charge in [0.15, 0.2) is 0 Å². The van der Waals surface area contributed by atoms with Crippen LogP contribution in [0.2, 0.25) is 0 Å². The van der Waals surface area contributed by atoms with Crippen LogP contribution < -0.4 is 0 Å². The van der Waals surface area contributed by atoms with Crippen LogP contribution in [0.1, 0.15) is 45.6 Å². The van der Waals surface area contributed by atoms with Crippen molar-refractivity contribution in [3.05, 3.63) is 48.0 Å². The predicted octanol–water partition coefficient (Wildman–Crippen LogP) is 5.15. The van der Waals surface area contributed by atoms with E-state index in [0.717, 1.165) is 12.8 Å². The third kappa shape index (κ3) is 6.15. The summed E-state index contributed by atoms with van der Waals surface area (Å²) >= 11 is 0. The molecule has 0 aliphatic heterocycles. The molecule has 0 N–H and O–H groups in total. The molecule has 0 aliphatic carbocycles. The lowest BCUT2D eigenvalue weighted by Crippen LogP contribution is -1.85. The minimum atomic E-state index is 0.685. The van der Waals surface area contributed by atoms with Gasteiger partial charge in [-0.25, -0.2) is 0 Å². The molecule has 0 unspecified atom stereocenters. The first-order valence-corrected chi connectivity index (χ1v) is 6.57. The smallest absolute Gasteiger partial charge is 0.0934 e. The van der Waals surface area contributed by atoms with Crippen LogP contribution in [-0.2, 0) is 6.42 Å². The van der Waals surface area contributed by atoms with Crippen LogP contribution in [0.5, 0.6) is 0 Å². The minimum Gasteiger partial charge on any atom is -0.472 e. The fourth-order valence-corrected chi connectivity index (χ4v) is 1.64. The Kier molecular flexibility index (Phi) is 6.46. The first-order valence-electron chi connectivity index (χ1n) is 6.57. The predicted molar refractivity (Wildman–Crippen MR) is 74.0 cm³/mol. The molecule has 1 rings (SSSR count). The fourth-order valence-electron chi connectivity index (χ4n) is 1.64. The maximum atomic E-state index is 5.05. The average Bonchev–Trinajstić information content (AvgIpc) is 2.82. The van der Waals surface area contributed by atoms with Crippen LogP contribution in [0.25, 0.3) is 0 Å². The van der Waals surface area contributed by atoms with E-state index in [1.54, 1.807) is 6.26 Å². The summed E-state index contributed by atoms with van der Waals surface area (Å²) in [6.07, 6.45) is 15.0. The lowest BCUT2D eigenvalue weighted by atomic mass is 10.1. The lowest BCUT2D eigenvalue weighted by Gasteiger charge is -2.00. The summed E-state index contributed by atoms with van der Waals surface area (Å²) in [5, 5.41) is 0. The van der Waals surface area contributed by atoms with Crippen molar-refractivity contribution in [1.82, 2.24) is 0 Å². The Morgan fingerprint density at radius 2 is 2.29 bits per heavy atom. The molecule has 0 saturated heterocycles. The summed E-state index contributed by atoms with van der Waals surface area (Å²) in [5.74, 6) is 0.685. The van der Waals surface area contributed by atoms with Crippen molar-refractivity contribution >= 4 is 0 Å². The van der Waals surface area contributed by atoms with Gasteiger partial charge in [-0.3, -0.25) is 0 Å². The van der Waals surface area contributed by atoms with Gasteiger partial charge in [0.2, 0.25) is 0 Å². The Hall–Kier alpha value is -1.24. The van der Waals surface area contributed by atoms with E-state index in [9.17, 15) is 0 Å². The molecule has 1 nitrogen and oxygen atoms in total. The summed E-state index contributed by atoms with van der Waals surface area (Å²) in [5.41, 5.74) is 2.75. The fraction of sp³-hybridized carbons (Fsp3) is 0.500. The molecular weight excluding hydrogens is 208 g/mol. The SMILES string of the molecule is CC[C@H](C)/C=C/C=C(\C)CCCc1ccoc1. The molecular formula is C16H24O. The molecule has 1 aromatic rings. The first kappa shape index (κ1) is 13.8. The Morgan fingerprint density at radius 3 is 2.94 bits per heavy atom. The van der Waals surface area contributed by atoms with E-state index in [1.165, 1.54) is 24.0 Å². The van der Waals surface area contributed by atoms with Crippen LogP contribution in [0.15, 0.2) is 46.8 Å². The molecule has 0 bridgehead atoms. The van der Waals surface area contributed by atoms with Crippen molar-refractivity contribution in [3.63, 3.8) is 0 Å². The molecule has 0 aromatic carbocycles. The van der Waals surface area contributed by atoms with E-state index in [0.29, 0.717) is 5.92 Å². The van der Waals surface area contributed by atoms with Crippen LogP contribution in [0, 0.1) is 5.92 Å². The van der Waals surface area contributed by atoms with Crippen molar-refractivity contribution < 1.29 is 4.42 Å². The van der Waals surface area contributed by atoms with Crippen molar-refractivity contribution in [2.75, 3.05) is 0 Å². The van der Waals surface area contributed by atoms with Gasteiger partial charge < -0.3 is 4.42 Å². The van der Waals surface area contributed by atoms with Crippen molar-refractivity contribution in [2.45, 2.75) is 46.5 Å². The van der Waals surface area contributed by atoms with E-state index >= 15 is 0 Å². The van der Waals surface area contributed by atoms with Crippen molar-refractivity contribution in [3.8, 4) is 0 Å². The highest BCUT2D eigenvalue weighted by molar-refractivity contribution is 5.12. The molecule has 1 aromatic heterocycles. The molecule has 1 heteroatoms. The van der Waals surface area contributed by atoms with Crippen molar-refractivity contribution in [1.29, 1.82) is 0 Å². The maximum absolute atomic E-state index is 5.05. The highest BCUT2D eigenvalue weighted by Crippen LogP contribution is 2.11. The van der Waals surface area contributed by atoms with Gasteiger partial charge in [0.1, 0.15) is 0 Å². The third-order valence-corrected chi connectivity index (χ3v) is 3.08. The zero-order valence-corrected chi connectivity index (χ0v) is 11.3. The van der Waals surface area contributed by atoms with Crippen LogP contribution in [0.3, 0.4) is 0 Å². The third-order valence-electron chi connectivity index (χ3n) is 3.08. The van der Waals surface area contributed by atoms with E-state index in [2.05, 4.69) is 39.0 Å². The Bertz CT molecular complexity index is 344. The van der Waals surface area contributed by atoms with Crippen LogP contribution in [0.4, 0.5) is 0 Å². The van der Waals surface area contributed by atoms with E-state index in [4.69, 9.17) is 4.42 Å². The number of hydrogen-bond acceptors (Lipinski definition) is 1. The topological polar surface area (TPSA) is 13.1 Å². The van der Waals surface area contributed by atoms with Gasteiger partial charge in [0.25, 0.3) is 0 Å². The second-order valence-corrected chi connectivity index (χ2v) is 4.77. The molecule has 0 radical (unpaired) electrons. The zero-order valence-electron chi connectivity index (χ0n) is 11.3. The van der Waals surface area contributed by atoms with Gasteiger partial charge in [-0.1, -0.05) is 44.1 Å². The highest BCUT2D eigenvalue weighted by atomic mass is 16.3. The van der Waals surface area contributed by atoms with Gasteiger partial charge in [-0.05, 0) is 43.7 Å². The Labute approximate surface area is 105 Å². The summed E-state index contributed by atoms with van der Waals surface area (Å²) in [6.45, 7) is 6.67. The Balaban J connectivity index is 2.22. The molecule has 0 saturated carbocycles. The van der Waals surface area contributed by atoms with Crippen LogP contribution >= 0.6 is 0 Å². The number of hydrogen-bond donors (Lipinski definition) is 0. The number of allylic oxidation sites excluding steroid dienone is 4. The molecule has 0 fully saturated rings. The summed E-state index contributed by atoms with van der Waals surface area (Å²) in [7, 11) is 0. The minimum absolute atomic E-state index is 0.685. The monoisotopic (exact) mass is 232 g/mol. The van der Waals surface area contributed by atoms with Gasteiger partial charge >= 0.3 is 0 Å². The maximum Gasteiger partial charge on any atom is 0.0934 e. The van der Waals surface area contributed by atoms with Crippen molar-refractivity contribution in [2.24, 2.45) is 5.92 Å². The summed E-state index contributed by atoms with van der Waals surface area (Å²) in [4.78, 5) is 0. The average molecular weight is 232 g/mol. The summed E-state index contributed by atoms with van der Waals surface area (Å²) in [6, 6.07) is 2.04. The number of rotatable bonds is 7. The van der Waals surface area contributed by atoms with Gasteiger partial charge in [-0.2, -0.15) is 0 Å². The normalized spacial score (nSPS) is 14.4. The molecule has 1 atom stereocenters. The van der Waals surface area contributed by atoms with Gasteiger partial charge in [-0.15, -0.1) is 0 Å². The molecule has 0 aliphatic rings. The zero-order chi connectivity index (χ0) is 12.5. The largest absolute Gasteiger partial charge is 0.472 e. The van der Waals surface area contributed by atoms with Gasteiger partial charge in [0, 0.05) is 0 Å². The van der Waals surface area contributed by atoms with Crippen LogP contribution in [-0.4, -0.2) is 0 Å². The molecule has 0 amide bonds. The molecule has 17 heavy (non-hydrogen) atoms. The molecule has 1 heterocycles. The van der Waals surface area contributed by atoms with E-state index in [-0.39, 0.29) is 0 Å². The molecule has 0 spiro atoms. The van der Waals surface area contributed by atoms with E-state index < -0.39 is 0 Å².